The summed E-state index contributed by atoms with van der Waals surface area (Å²) in [7, 11) is 0. The zero-order valence-electron chi connectivity index (χ0n) is 12.2. The van der Waals surface area contributed by atoms with Gasteiger partial charge < -0.3 is 14.5 Å². The van der Waals surface area contributed by atoms with Crippen LogP contribution in [0, 0.1) is 5.82 Å². The zero-order valence-corrected chi connectivity index (χ0v) is 13.0. The second-order valence-electron chi connectivity index (χ2n) is 4.73. The minimum absolute atomic E-state index is 0.118. The fourth-order valence-electron chi connectivity index (χ4n) is 1.92. The maximum absolute atomic E-state index is 13.0. The van der Waals surface area contributed by atoms with Gasteiger partial charge in [-0.2, -0.15) is 0 Å². The van der Waals surface area contributed by atoms with E-state index >= 15 is 0 Å². The number of rotatable bonds is 5. The number of hydrogen-bond donors (Lipinski definition) is 1. The summed E-state index contributed by atoms with van der Waals surface area (Å²) in [5.74, 6) is 0.00364. The first-order chi connectivity index (χ1) is 11.6. The molecule has 0 atom stereocenters. The molecule has 0 aliphatic heterocycles. The van der Waals surface area contributed by atoms with Gasteiger partial charge in [-0.25, -0.2) is 4.39 Å². The Hall–Kier alpha value is -2.93. The third-order valence-electron chi connectivity index (χ3n) is 3.04. The Morgan fingerprint density at radius 2 is 2.04 bits per heavy atom. The molecule has 0 fully saturated rings. The molecule has 1 amide bonds. The van der Waals surface area contributed by atoms with E-state index in [0.717, 1.165) is 11.6 Å². The van der Waals surface area contributed by atoms with Gasteiger partial charge in [0.1, 0.15) is 11.6 Å². The van der Waals surface area contributed by atoms with Crippen molar-refractivity contribution in [2.75, 3.05) is 11.9 Å². The number of aromatic nitrogens is 2. The standard InChI is InChI=1S/C16H11ClFN3O3/c17-13-7-11(18)3-6-14(13)20-15(22)8-23-12-4-1-10(2-5-12)16-21-19-9-24-16/h1-7,9H,8H2,(H,20,22). The predicted octanol–water partition coefficient (Wildman–Crippen LogP) is 3.55. The normalized spacial score (nSPS) is 10.4. The van der Waals surface area contributed by atoms with Gasteiger partial charge in [-0.3, -0.25) is 4.79 Å². The van der Waals surface area contributed by atoms with E-state index in [1.54, 1.807) is 24.3 Å². The molecule has 0 spiro atoms. The van der Waals surface area contributed by atoms with E-state index in [0.29, 0.717) is 17.3 Å². The fraction of sp³-hybridized carbons (Fsp3) is 0.0625. The molecule has 0 saturated heterocycles. The Morgan fingerprint density at radius 1 is 1.25 bits per heavy atom. The summed E-state index contributed by atoms with van der Waals surface area (Å²) in [5.41, 5.74) is 1.06. The first kappa shape index (κ1) is 15.9. The van der Waals surface area contributed by atoms with Crippen LogP contribution in [0.5, 0.6) is 5.75 Å². The largest absolute Gasteiger partial charge is 0.484 e. The van der Waals surface area contributed by atoms with Gasteiger partial charge in [-0.05, 0) is 42.5 Å². The van der Waals surface area contributed by atoms with Gasteiger partial charge in [0.25, 0.3) is 5.91 Å². The van der Waals surface area contributed by atoms with Crippen LogP contribution in [0.4, 0.5) is 10.1 Å². The van der Waals surface area contributed by atoms with Crippen LogP contribution < -0.4 is 10.1 Å². The summed E-state index contributed by atoms with van der Waals surface area (Å²) in [6.07, 6.45) is 1.24. The lowest BCUT2D eigenvalue weighted by Gasteiger charge is -2.09. The van der Waals surface area contributed by atoms with Crippen molar-refractivity contribution in [3.63, 3.8) is 0 Å². The smallest absolute Gasteiger partial charge is 0.262 e. The Bertz CT molecular complexity index is 838. The number of anilines is 1. The van der Waals surface area contributed by atoms with Crippen LogP contribution in [-0.2, 0) is 4.79 Å². The molecule has 0 bridgehead atoms. The average molecular weight is 348 g/mol. The molecule has 0 aliphatic rings. The molecular weight excluding hydrogens is 337 g/mol. The quantitative estimate of drug-likeness (QED) is 0.763. The van der Waals surface area contributed by atoms with Crippen LogP contribution in [-0.4, -0.2) is 22.7 Å². The van der Waals surface area contributed by atoms with E-state index in [-0.39, 0.29) is 11.6 Å². The van der Waals surface area contributed by atoms with Crippen molar-refractivity contribution >= 4 is 23.2 Å². The molecule has 6 nitrogen and oxygen atoms in total. The lowest BCUT2D eigenvalue weighted by molar-refractivity contribution is -0.118. The van der Waals surface area contributed by atoms with Crippen molar-refractivity contribution in [3.05, 3.63) is 59.7 Å². The van der Waals surface area contributed by atoms with Crippen LogP contribution in [0.3, 0.4) is 0 Å². The molecule has 1 N–H and O–H groups in total. The minimum atomic E-state index is -0.476. The van der Waals surface area contributed by atoms with Gasteiger partial charge in [0.15, 0.2) is 6.61 Å². The molecule has 1 aromatic heterocycles. The van der Waals surface area contributed by atoms with Crippen LogP contribution in [0.2, 0.25) is 5.02 Å². The zero-order chi connectivity index (χ0) is 16.9. The maximum Gasteiger partial charge on any atom is 0.262 e. The molecule has 0 unspecified atom stereocenters. The average Bonchev–Trinajstić information content (AvgIpc) is 3.11. The minimum Gasteiger partial charge on any atom is -0.484 e. The van der Waals surface area contributed by atoms with Gasteiger partial charge >= 0.3 is 0 Å². The summed E-state index contributed by atoms with van der Waals surface area (Å²) in [6, 6.07) is 10.5. The van der Waals surface area contributed by atoms with Crippen molar-refractivity contribution in [2.24, 2.45) is 0 Å². The van der Waals surface area contributed by atoms with E-state index in [1.165, 1.54) is 18.5 Å². The molecule has 1 heterocycles. The number of amides is 1. The molecule has 0 radical (unpaired) electrons. The van der Waals surface area contributed by atoms with Crippen molar-refractivity contribution in [1.82, 2.24) is 10.2 Å². The van der Waals surface area contributed by atoms with E-state index in [9.17, 15) is 9.18 Å². The predicted molar refractivity (Wildman–Crippen MR) is 85.3 cm³/mol. The molecule has 0 saturated carbocycles. The van der Waals surface area contributed by atoms with E-state index < -0.39 is 11.7 Å². The molecule has 8 heteroatoms. The van der Waals surface area contributed by atoms with Gasteiger partial charge in [0, 0.05) is 5.56 Å². The lowest BCUT2D eigenvalue weighted by atomic mass is 10.2. The highest BCUT2D eigenvalue weighted by Crippen LogP contribution is 2.23. The molecule has 2 aromatic carbocycles. The number of ether oxygens (including phenoxy) is 1. The van der Waals surface area contributed by atoms with Crippen molar-refractivity contribution < 1.29 is 18.3 Å². The SMILES string of the molecule is O=C(COc1ccc(-c2nnco2)cc1)Nc1ccc(F)cc1Cl. The van der Waals surface area contributed by atoms with Gasteiger partial charge in [0.2, 0.25) is 12.3 Å². The van der Waals surface area contributed by atoms with Crippen LogP contribution >= 0.6 is 11.6 Å². The number of benzene rings is 2. The Balaban J connectivity index is 1.56. The molecule has 0 aliphatic carbocycles. The summed E-state index contributed by atoms with van der Waals surface area (Å²) in [5, 5.41) is 10.1. The number of nitrogens with zero attached hydrogens (tertiary/aromatic N) is 2. The monoisotopic (exact) mass is 347 g/mol. The van der Waals surface area contributed by atoms with Crippen LogP contribution in [0.25, 0.3) is 11.5 Å². The van der Waals surface area contributed by atoms with Gasteiger partial charge in [-0.1, -0.05) is 11.6 Å². The summed E-state index contributed by atoms with van der Waals surface area (Å²) in [6.45, 7) is -0.215. The number of hydrogen-bond acceptors (Lipinski definition) is 5. The summed E-state index contributed by atoms with van der Waals surface area (Å²) >= 11 is 5.84. The van der Waals surface area contributed by atoms with Crippen molar-refractivity contribution in [1.29, 1.82) is 0 Å². The Labute approximate surface area is 141 Å². The molecule has 122 valence electrons. The second-order valence-corrected chi connectivity index (χ2v) is 5.14. The lowest BCUT2D eigenvalue weighted by Crippen LogP contribution is -2.20. The fourth-order valence-corrected chi connectivity index (χ4v) is 2.13. The van der Waals surface area contributed by atoms with Crippen molar-refractivity contribution in [2.45, 2.75) is 0 Å². The third-order valence-corrected chi connectivity index (χ3v) is 3.35. The van der Waals surface area contributed by atoms with E-state index in [4.69, 9.17) is 20.8 Å². The van der Waals surface area contributed by atoms with Crippen LogP contribution in [0.15, 0.2) is 53.3 Å². The highest BCUT2D eigenvalue weighted by Gasteiger charge is 2.08. The summed E-state index contributed by atoms with van der Waals surface area (Å²) in [4.78, 5) is 11.9. The van der Waals surface area contributed by atoms with Gasteiger partial charge in [-0.15, -0.1) is 10.2 Å². The van der Waals surface area contributed by atoms with E-state index in [1.807, 2.05) is 0 Å². The van der Waals surface area contributed by atoms with Gasteiger partial charge in [0.05, 0.1) is 10.7 Å². The number of carbonyl (C=O) groups excluding carboxylic acids is 1. The van der Waals surface area contributed by atoms with Crippen molar-refractivity contribution in [3.8, 4) is 17.2 Å². The summed E-state index contributed by atoms with van der Waals surface area (Å²) < 4.78 is 23.4. The highest BCUT2D eigenvalue weighted by atomic mass is 35.5. The Kier molecular flexibility index (Phi) is 4.72. The third kappa shape index (κ3) is 3.88. The number of carbonyl (C=O) groups is 1. The first-order valence-electron chi connectivity index (χ1n) is 6.86. The Morgan fingerprint density at radius 3 is 2.71 bits per heavy atom. The van der Waals surface area contributed by atoms with Crippen LogP contribution in [0.1, 0.15) is 0 Å². The topological polar surface area (TPSA) is 77.2 Å². The second kappa shape index (κ2) is 7.10. The molecule has 24 heavy (non-hydrogen) atoms. The number of nitrogens with one attached hydrogen (secondary N) is 1. The molecular formula is C16H11ClFN3O3. The maximum atomic E-state index is 13.0. The highest BCUT2D eigenvalue weighted by molar-refractivity contribution is 6.33. The molecule has 3 rings (SSSR count). The first-order valence-corrected chi connectivity index (χ1v) is 7.24. The molecule has 3 aromatic rings. The van der Waals surface area contributed by atoms with E-state index in [2.05, 4.69) is 15.5 Å². The number of halogens is 2.